The van der Waals surface area contributed by atoms with Gasteiger partial charge in [0.1, 0.15) is 11.9 Å². The van der Waals surface area contributed by atoms with Crippen LogP contribution in [0.15, 0.2) is 48.8 Å². The topological polar surface area (TPSA) is 64.5 Å². The van der Waals surface area contributed by atoms with Crippen LogP contribution in [0.1, 0.15) is 30.1 Å². The summed E-state index contributed by atoms with van der Waals surface area (Å²) in [5.74, 6) is -0.0168. The predicted octanol–water partition coefficient (Wildman–Crippen LogP) is 3.85. The van der Waals surface area contributed by atoms with Crippen LogP contribution in [-0.4, -0.2) is 46.6 Å². The van der Waals surface area contributed by atoms with Crippen molar-refractivity contribution in [1.29, 1.82) is 0 Å². The number of hydrogen-bond acceptors (Lipinski definition) is 5. The smallest absolute Gasteiger partial charge is 0.316 e. The average molecular weight is 395 g/mol. The van der Waals surface area contributed by atoms with Crippen molar-refractivity contribution in [3.8, 4) is 11.8 Å². The number of carbonyl (C=O) groups excluding carboxylic acids is 1. The Kier molecular flexibility index (Phi) is 5.55. The molecule has 0 radical (unpaired) electrons. The molecule has 0 N–H and O–H groups in total. The maximum atomic E-state index is 13.5. The number of carbonyl (C=O) groups is 1. The largest absolute Gasteiger partial charge is 0.493 e. The van der Waals surface area contributed by atoms with Gasteiger partial charge in [0.2, 0.25) is 0 Å². The second-order valence-electron chi connectivity index (χ2n) is 6.91. The van der Waals surface area contributed by atoms with Crippen LogP contribution in [0.5, 0.6) is 11.8 Å². The molecular weight excluding hydrogens is 373 g/mol. The molecule has 1 unspecified atom stereocenters. The fourth-order valence-electron chi connectivity index (χ4n) is 3.64. The molecule has 0 spiro atoms. The number of rotatable bonds is 5. The van der Waals surface area contributed by atoms with E-state index >= 15 is 0 Å². The third kappa shape index (κ3) is 4.13. The highest BCUT2D eigenvalue weighted by Gasteiger charge is 2.29. The molecule has 3 aromatic rings. The first kappa shape index (κ1) is 19.1. The van der Waals surface area contributed by atoms with Crippen LogP contribution in [0.2, 0.25) is 0 Å². The van der Waals surface area contributed by atoms with Crippen molar-refractivity contribution in [1.82, 2.24) is 14.9 Å². The fraction of sp³-hybridized carbons (Fsp3) is 0.318. The summed E-state index contributed by atoms with van der Waals surface area (Å²) in [5, 5.41) is 1.86. The van der Waals surface area contributed by atoms with Crippen LogP contribution in [0.25, 0.3) is 10.8 Å². The van der Waals surface area contributed by atoms with Gasteiger partial charge in [-0.2, -0.15) is 0 Å². The fourth-order valence-corrected chi connectivity index (χ4v) is 3.64. The van der Waals surface area contributed by atoms with Gasteiger partial charge in [-0.05, 0) is 36.6 Å². The van der Waals surface area contributed by atoms with Gasteiger partial charge in [-0.15, -0.1) is 0 Å². The lowest BCUT2D eigenvalue weighted by atomic mass is 10.0. The highest BCUT2D eigenvalue weighted by Crippen LogP contribution is 2.30. The molecule has 2 aromatic carbocycles. The molecule has 2 heterocycles. The maximum absolute atomic E-state index is 13.5. The van der Waals surface area contributed by atoms with Crippen LogP contribution >= 0.6 is 0 Å². The number of nitrogens with zero attached hydrogens (tertiary/aromatic N) is 3. The van der Waals surface area contributed by atoms with Gasteiger partial charge in [0.25, 0.3) is 5.91 Å². The summed E-state index contributed by atoms with van der Waals surface area (Å²) in [6, 6.07) is 11.7. The number of fused-ring (bicyclic) bond motifs is 1. The zero-order chi connectivity index (χ0) is 20.2. The van der Waals surface area contributed by atoms with Gasteiger partial charge in [0, 0.05) is 6.54 Å². The molecule has 150 valence electrons. The molecule has 0 bridgehead atoms. The number of benzene rings is 2. The van der Waals surface area contributed by atoms with Gasteiger partial charge < -0.3 is 14.4 Å². The van der Waals surface area contributed by atoms with Crippen LogP contribution in [0.4, 0.5) is 4.39 Å². The minimum absolute atomic E-state index is 0.0847. The second-order valence-corrected chi connectivity index (χ2v) is 6.91. The molecule has 4 rings (SSSR count). The Bertz CT molecular complexity index is 1010. The number of amides is 1. The van der Waals surface area contributed by atoms with Crippen LogP contribution in [0.3, 0.4) is 0 Å². The predicted molar refractivity (Wildman–Crippen MR) is 107 cm³/mol. The first-order chi connectivity index (χ1) is 14.2. The highest BCUT2D eigenvalue weighted by molar-refractivity contribution is 6.09. The van der Waals surface area contributed by atoms with Gasteiger partial charge in [-0.1, -0.05) is 30.3 Å². The summed E-state index contributed by atoms with van der Waals surface area (Å²) in [4.78, 5) is 22.9. The van der Waals surface area contributed by atoms with Crippen LogP contribution in [0, 0.1) is 5.82 Å². The molecular formula is C22H22FN3O3. The van der Waals surface area contributed by atoms with Crippen molar-refractivity contribution >= 4 is 16.7 Å². The number of likely N-dealkylation sites (tertiary alicyclic amines) is 1. The lowest BCUT2D eigenvalue weighted by molar-refractivity contribution is 0.0514. The molecule has 1 aliphatic rings. The quantitative estimate of drug-likeness (QED) is 0.657. The Balaban J connectivity index is 1.58. The van der Waals surface area contributed by atoms with Gasteiger partial charge in [-0.3, -0.25) is 4.79 Å². The lowest BCUT2D eigenvalue weighted by Crippen LogP contribution is -2.44. The van der Waals surface area contributed by atoms with E-state index in [0.717, 1.165) is 36.0 Å². The summed E-state index contributed by atoms with van der Waals surface area (Å²) in [6.45, 7) is 3.43. The highest BCUT2D eigenvalue weighted by atomic mass is 19.1. The number of ether oxygens (including phenoxy) is 2. The van der Waals surface area contributed by atoms with Crippen molar-refractivity contribution in [3.63, 3.8) is 0 Å². The van der Waals surface area contributed by atoms with E-state index in [9.17, 15) is 9.18 Å². The molecule has 1 amide bonds. The Morgan fingerprint density at radius 2 is 2.00 bits per heavy atom. The summed E-state index contributed by atoms with van der Waals surface area (Å²) in [5.41, 5.74) is 0.573. The Labute approximate surface area is 168 Å². The van der Waals surface area contributed by atoms with E-state index in [0.29, 0.717) is 31.0 Å². The molecule has 6 nitrogen and oxygen atoms in total. The molecule has 7 heteroatoms. The van der Waals surface area contributed by atoms with Crippen LogP contribution in [-0.2, 0) is 0 Å². The Morgan fingerprint density at radius 1 is 1.21 bits per heavy atom. The van der Waals surface area contributed by atoms with Gasteiger partial charge in [0.05, 0.1) is 31.1 Å². The standard InChI is InChI=1S/C22H22FN3O3/c1-2-28-19-10-9-15-6-3-4-8-18(15)20(19)21(27)26-11-5-7-17(14-26)29-22-24-12-16(23)13-25-22/h3-4,6,8-10,12-13,17H,2,5,7,11,14H2,1H3. The molecule has 1 aromatic heterocycles. The average Bonchev–Trinajstić information content (AvgIpc) is 2.75. The number of aromatic nitrogens is 2. The summed E-state index contributed by atoms with van der Waals surface area (Å²) < 4.78 is 24.5. The Hall–Kier alpha value is -3.22. The monoisotopic (exact) mass is 395 g/mol. The van der Waals surface area contributed by atoms with E-state index in [1.807, 2.05) is 43.3 Å². The third-order valence-corrected chi connectivity index (χ3v) is 4.94. The van der Waals surface area contributed by atoms with Gasteiger partial charge >= 0.3 is 6.01 Å². The molecule has 1 aliphatic heterocycles. The number of piperidine rings is 1. The zero-order valence-electron chi connectivity index (χ0n) is 16.2. The normalized spacial score (nSPS) is 16.6. The lowest BCUT2D eigenvalue weighted by Gasteiger charge is -2.33. The maximum Gasteiger partial charge on any atom is 0.316 e. The molecule has 1 saturated heterocycles. The second kappa shape index (κ2) is 8.43. The minimum atomic E-state index is -0.516. The minimum Gasteiger partial charge on any atom is -0.493 e. The van der Waals surface area contributed by atoms with E-state index in [2.05, 4.69) is 9.97 Å². The zero-order valence-corrected chi connectivity index (χ0v) is 16.2. The molecule has 1 atom stereocenters. The van der Waals surface area contributed by atoms with Crippen LogP contribution < -0.4 is 9.47 Å². The van der Waals surface area contributed by atoms with Crippen molar-refractivity contribution in [3.05, 3.63) is 60.2 Å². The van der Waals surface area contributed by atoms with Crippen molar-refractivity contribution < 1.29 is 18.7 Å². The van der Waals surface area contributed by atoms with Gasteiger partial charge in [0.15, 0.2) is 5.82 Å². The third-order valence-electron chi connectivity index (χ3n) is 4.94. The molecule has 0 aliphatic carbocycles. The van der Waals surface area contributed by atoms with Crippen molar-refractivity contribution in [2.45, 2.75) is 25.9 Å². The number of hydrogen-bond donors (Lipinski definition) is 0. The summed E-state index contributed by atoms with van der Waals surface area (Å²) in [6.07, 6.45) is 3.46. The van der Waals surface area contributed by atoms with E-state index in [4.69, 9.17) is 9.47 Å². The van der Waals surface area contributed by atoms with E-state index < -0.39 is 5.82 Å². The number of halogens is 1. The van der Waals surface area contributed by atoms with E-state index in [1.54, 1.807) is 4.90 Å². The van der Waals surface area contributed by atoms with E-state index in [-0.39, 0.29) is 18.0 Å². The molecule has 1 fully saturated rings. The van der Waals surface area contributed by atoms with Crippen molar-refractivity contribution in [2.24, 2.45) is 0 Å². The van der Waals surface area contributed by atoms with Gasteiger partial charge in [-0.25, -0.2) is 14.4 Å². The first-order valence-corrected chi connectivity index (χ1v) is 9.73. The first-order valence-electron chi connectivity index (χ1n) is 9.73. The summed E-state index contributed by atoms with van der Waals surface area (Å²) >= 11 is 0. The molecule has 0 saturated carbocycles. The van der Waals surface area contributed by atoms with E-state index in [1.165, 1.54) is 0 Å². The van der Waals surface area contributed by atoms with Crippen molar-refractivity contribution in [2.75, 3.05) is 19.7 Å². The molecule has 29 heavy (non-hydrogen) atoms. The Morgan fingerprint density at radius 3 is 2.79 bits per heavy atom. The summed E-state index contributed by atoms with van der Waals surface area (Å²) in [7, 11) is 0. The SMILES string of the molecule is CCOc1ccc2ccccc2c1C(=O)N1CCCC(Oc2ncc(F)cn2)C1.